The van der Waals surface area contributed by atoms with Gasteiger partial charge in [-0.2, -0.15) is 9.90 Å². The molecular weight excluding hydrogens is 233 g/mol. The molecule has 0 heterocycles. The number of rotatable bonds is 1. The van der Waals surface area contributed by atoms with Crippen LogP contribution in [0, 0.1) is 0 Å². The molecule has 0 aliphatic carbocycles. The van der Waals surface area contributed by atoms with Crippen LogP contribution in [0.2, 0.25) is 0 Å². The van der Waals surface area contributed by atoms with Gasteiger partial charge in [0.15, 0.2) is 0 Å². The van der Waals surface area contributed by atoms with Crippen LogP contribution in [0.4, 0.5) is 0 Å². The number of methoxy groups -OCH3 is 1. The molecule has 0 radical (unpaired) electrons. The molecule has 0 spiro atoms. The Bertz CT molecular complexity index is 191. The van der Waals surface area contributed by atoms with Crippen molar-refractivity contribution in [2.24, 2.45) is 0 Å². The molecule has 0 saturated carbocycles. The molecule has 1 rings (SSSR count). The monoisotopic (exact) mass is 246 g/mol. The van der Waals surface area contributed by atoms with Crippen molar-refractivity contribution < 1.29 is 4.74 Å². The first-order valence-electron chi connectivity index (χ1n) is 2.72. The number of halogens is 2. The van der Waals surface area contributed by atoms with Crippen LogP contribution in [0.3, 0.4) is 0 Å². The summed E-state index contributed by atoms with van der Waals surface area (Å²) in [6.07, 6.45) is 0. The van der Waals surface area contributed by atoms with Crippen molar-refractivity contribution in [2.75, 3.05) is 7.11 Å². The highest BCUT2D eigenvalue weighted by atomic mass is 35.5. The standard InChI is InChI=1S/C7H9OP.2ClH.H3P/c1-8-6-2-4-7(9)5-3-6;;;/h2-5H,9H2,1H3;2*1H;1H3. The lowest BCUT2D eigenvalue weighted by atomic mass is 10.3. The minimum absolute atomic E-state index is 0. The van der Waals surface area contributed by atoms with Crippen molar-refractivity contribution in [1.29, 1.82) is 0 Å². The Labute approximate surface area is 91.3 Å². The summed E-state index contributed by atoms with van der Waals surface area (Å²) in [7, 11) is 4.28. The lowest BCUT2D eigenvalue weighted by Crippen LogP contribution is -1.88. The molecule has 0 aliphatic heterocycles. The van der Waals surface area contributed by atoms with Crippen molar-refractivity contribution in [3.05, 3.63) is 24.3 Å². The van der Waals surface area contributed by atoms with E-state index < -0.39 is 0 Å². The zero-order valence-electron chi connectivity index (χ0n) is 6.82. The van der Waals surface area contributed by atoms with Gasteiger partial charge < -0.3 is 4.74 Å². The second-order valence-electron chi connectivity index (χ2n) is 1.77. The first kappa shape index (κ1) is 18.3. The average Bonchev–Trinajstić information content (AvgIpc) is 1.90. The molecule has 0 fully saturated rings. The van der Waals surface area contributed by atoms with Crippen LogP contribution in [0.25, 0.3) is 0 Å². The Morgan fingerprint density at radius 1 is 1.08 bits per heavy atom. The molecule has 1 aromatic carbocycles. The lowest BCUT2D eigenvalue weighted by molar-refractivity contribution is 0.415. The minimum atomic E-state index is 0. The summed E-state index contributed by atoms with van der Waals surface area (Å²) in [5.41, 5.74) is 0. The molecule has 1 aromatic rings. The third kappa shape index (κ3) is 6.03. The second-order valence-corrected chi connectivity index (χ2v) is 2.44. The smallest absolute Gasteiger partial charge is 0.118 e. The van der Waals surface area contributed by atoms with Gasteiger partial charge >= 0.3 is 0 Å². The summed E-state index contributed by atoms with van der Waals surface area (Å²) in [6.45, 7) is 0. The van der Waals surface area contributed by atoms with Gasteiger partial charge in [-0.1, -0.05) is 12.1 Å². The first-order chi connectivity index (χ1) is 4.33. The molecule has 0 amide bonds. The highest BCUT2D eigenvalue weighted by Gasteiger charge is 1.85. The van der Waals surface area contributed by atoms with E-state index in [1.54, 1.807) is 7.11 Å². The maximum Gasteiger partial charge on any atom is 0.118 e. The molecule has 5 heteroatoms. The van der Waals surface area contributed by atoms with Gasteiger partial charge in [-0.3, -0.25) is 0 Å². The number of hydrogen-bond acceptors (Lipinski definition) is 1. The lowest BCUT2D eigenvalue weighted by Gasteiger charge is -1.96. The predicted molar refractivity (Wildman–Crippen MR) is 67.9 cm³/mol. The molecule has 0 N–H and O–H groups in total. The highest BCUT2D eigenvalue weighted by molar-refractivity contribution is 7.27. The Morgan fingerprint density at radius 2 is 1.50 bits per heavy atom. The van der Waals surface area contributed by atoms with Crippen molar-refractivity contribution in [2.45, 2.75) is 0 Å². The van der Waals surface area contributed by atoms with Crippen molar-refractivity contribution in [3.8, 4) is 5.75 Å². The SMILES string of the molecule is COc1ccc(P)cc1.Cl.Cl.P. The minimum Gasteiger partial charge on any atom is -0.497 e. The van der Waals surface area contributed by atoms with E-state index in [4.69, 9.17) is 4.74 Å². The van der Waals surface area contributed by atoms with E-state index in [2.05, 4.69) is 9.24 Å². The molecule has 72 valence electrons. The van der Waals surface area contributed by atoms with Crippen molar-refractivity contribution in [3.63, 3.8) is 0 Å². The predicted octanol–water partition coefficient (Wildman–Crippen LogP) is 2.10. The van der Waals surface area contributed by atoms with E-state index in [9.17, 15) is 0 Å². The zero-order chi connectivity index (χ0) is 6.69. The molecule has 0 saturated heterocycles. The summed E-state index contributed by atoms with van der Waals surface area (Å²) >= 11 is 0. The van der Waals surface area contributed by atoms with Crippen LogP contribution in [0.15, 0.2) is 24.3 Å². The zero-order valence-corrected chi connectivity index (χ0v) is 11.0. The van der Waals surface area contributed by atoms with Gasteiger partial charge in [0.25, 0.3) is 0 Å². The van der Waals surface area contributed by atoms with E-state index in [-0.39, 0.29) is 34.7 Å². The first-order valence-corrected chi connectivity index (χ1v) is 3.30. The van der Waals surface area contributed by atoms with Gasteiger partial charge in [0, 0.05) is 0 Å². The maximum atomic E-state index is 4.96. The summed E-state index contributed by atoms with van der Waals surface area (Å²) in [4.78, 5) is 0. The van der Waals surface area contributed by atoms with Gasteiger partial charge in [0.1, 0.15) is 5.75 Å². The molecule has 2 unspecified atom stereocenters. The maximum absolute atomic E-state index is 4.96. The summed E-state index contributed by atoms with van der Waals surface area (Å²) < 4.78 is 4.96. The van der Waals surface area contributed by atoms with E-state index in [1.165, 1.54) is 5.30 Å². The number of hydrogen-bond donors (Lipinski definition) is 0. The van der Waals surface area contributed by atoms with Crippen LogP contribution in [-0.2, 0) is 0 Å². The van der Waals surface area contributed by atoms with Gasteiger partial charge in [-0.05, 0) is 17.4 Å². The molecular formula is C7H14Cl2OP2. The number of benzene rings is 1. The van der Waals surface area contributed by atoms with E-state index in [0.717, 1.165) is 5.75 Å². The topological polar surface area (TPSA) is 9.23 Å². The fourth-order valence-electron chi connectivity index (χ4n) is 0.604. The summed E-state index contributed by atoms with van der Waals surface area (Å²) in [6, 6.07) is 7.84. The quantitative estimate of drug-likeness (QED) is 0.690. The van der Waals surface area contributed by atoms with Crippen LogP contribution in [0.5, 0.6) is 5.75 Å². The fraction of sp³-hybridized carbons (Fsp3) is 0.143. The van der Waals surface area contributed by atoms with Crippen LogP contribution >= 0.6 is 44.0 Å². The second kappa shape index (κ2) is 9.55. The van der Waals surface area contributed by atoms with Gasteiger partial charge in [-0.15, -0.1) is 34.1 Å². The highest BCUT2D eigenvalue weighted by Crippen LogP contribution is 2.06. The van der Waals surface area contributed by atoms with Crippen molar-refractivity contribution >= 4 is 49.3 Å². The van der Waals surface area contributed by atoms with Gasteiger partial charge in [0.2, 0.25) is 0 Å². The van der Waals surface area contributed by atoms with Crippen molar-refractivity contribution in [1.82, 2.24) is 0 Å². The van der Waals surface area contributed by atoms with Crippen LogP contribution in [-0.4, -0.2) is 7.11 Å². The van der Waals surface area contributed by atoms with E-state index in [1.807, 2.05) is 24.3 Å². The number of ether oxygens (including phenoxy) is 1. The average molecular weight is 247 g/mol. The molecule has 0 aromatic heterocycles. The third-order valence-electron chi connectivity index (χ3n) is 1.12. The Morgan fingerprint density at radius 3 is 1.83 bits per heavy atom. The largest absolute Gasteiger partial charge is 0.497 e. The summed E-state index contributed by atoms with van der Waals surface area (Å²) in [5.74, 6) is 0.904. The molecule has 12 heavy (non-hydrogen) atoms. The molecule has 2 atom stereocenters. The Balaban J connectivity index is -0.000000270. The summed E-state index contributed by atoms with van der Waals surface area (Å²) in [5, 5.41) is 1.18. The molecule has 0 bridgehead atoms. The normalized spacial score (nSPS) is 6.83. The fourth-order valence-corrected chi connectivity index (χ4v) is 0.796. The van der Waals surface area contributed by atoms with Gasteiger partial charge in [-0.25, -0.2) is 0 Å². The molecule has 1 nitrogen and oxygen atoms in total. The van der Waals surface area contributed by atoms with Crippen LogP contribution < -0.4 is 10.0 Å². The van der Waals surface area contributed by atoms with E-state index in [0.29, 0.717) is 0 Å². The molecule has 0 aliphatic rings. The third-order valence-corrected chi connectivity index (χ3v) is 1.50. The Kier molecular flexibility index (Phi) is 14.5. The Hall–Kier alpha value is 0.460. The van der Waals surface area contributed by atoms with E-state index >= 15 is 0 Å². The van der Waals surface area contributed by atoms with Crippen LogP contribution in [0.1, 0.15) is 0 Å². The van der Waals surface area contributed by atoms with Gasteiger partial charge in [0.05, 0.1) is 7.11 Å².